The van der Waals surface area contributed by atoms with Gasteiger partial charge in [-0.15, -0.1) is 0 Å². The molecule has 0 saturated heterocycles. The van der Waals surface area contributed by atoms with Crippen LogP contribution in [0.3, 0.4) is 0 Å². The van der Waals surface area contributed by atoms with Crippen LogP contribution in [-0.2, 0) is 0 Å². The summed E-state index contributed by atoms with van der Waals surface area (Å²) >= 11 is 5.82. The lowest BCUT2D eigenvalue weighted by Gasteiger charge is -2.02. The predicted molar refractivity (Wildman–Crippen MR) is 64.6 cm³/mol. The van der Waals surface area contributed by atoms with Gasteiger partial charge in [-0.2, -0.15) is 0 Å². The Hall–Kier alpha value is -2.41. The minimum Gasteiger partial charge on any atom is -0.358 e. The molecule has 0 radical (unpaired) electrons. The van der Waals surface area contributed by atoms with Gasteiger partial charge in [-0.05, 0) is 23.1 Å². The number of nitrogens with zero attached hydrogens (tertiary/aromatic N) is 2. The van der Waals surface area contributed by atoms with Crippen molar-refractivity contribution in [1.82, 2.24) is 9.97 Å². The molecule has 2 N–H and O–H groups in total. The van der Waals surface area contributed by atoms with Crippen LogP contribution in [0.2, 0.25) is 5.02 Å². The molecule has 7 nitrogen and oxygen atoms in total. The van der Waals surface area contributed by atoms with Crippen LogP contribution < -0.4 is 5.32 Å². The lowest BCUT2D eigenvalue weighted by molar-refractivity contribution is -0.389. The van der Waals surface area contributed by atoms with Gasteiger partial charge in [-0.3, -0.25) is 4.79 Å². The highest BCUT2D eigenvalue weighted by Crippen LogP contribution is 2.18. The van der Waals surface area contributed by atoms with Crippen LogP contribution in [0.25, 0.3) is 0 Å². The Balaban J connectivity index is 2.17. The van der Waals surface area contributed by atoms with Gasteiger partial charge in [0, 0.05) is 12.3 Å². The standard InChI is InChI=1S/C10H7ClN4O3/c11-6-2-1-5-12-9(6)14-10(16)7-3-4-8(13-7)15(17)18/h1-5,13H,(H,12,14,16). The minimum atomic E-state index is -0.621. The van der Waals surface area contributed by atoms with Crippen LogP contribution in [0.5, 0.6) is 0 Å². The molecule has 2 heterocycles. The van der Waals surface area contributed by atoms with Gasteiger partial charge in [0.25, 0.3) is 5.91 Å². The maximum atomic E-state index is 11.7. The summed E-state index contributed by atoms with van der Waals surface area (Å²) in [5, 5.41) is 13.2. The summed E-state index contributed by atoms with van der Waals surface area (Å²) in [6.07, 6.45) is 1.47. The molecule has 0 bridgehead atoms. The summed E-state index contributed by atoms with van der Waals surface area (Å²) in [6, 6.07) is 5.71. The summed E-state index contributed by atoms with van der Waals surface area (Å²) in [7, 11) is 0. The lowest BCUT2D eigenvalue weighted by atomic mass is 10.4. The Morgan fingerprint density at radius 2 is 2.22 bits per heavy atom. The Morgan fingerprint density at radius 1 is 1.44 bits per heavy atom. The van der Waals surface area contributed by atoms with E-state index in [-0.39, 0.29) is 22.4 Å². The van der Waals surface area contributed by atoms with Crippen molar-refractivity contribution in [2.75, 3.05) is 5.32 Å². The number of anilines is 1. The fraction of sp³-hybridized carbons (Fsp3) is 0. The molecule has 0 atom stereocenters. The van der Waals surface area contributed by atoms with Crippen molar-refractivity contribution >= 4 is 29.1 Å². The zero-order valence-corrected chi connectivity index (χ0v) is 9.64. The number of amides is 1. The number of carbonyl (C=O) groups is 1. The lowest BCUT2D eigenvalue weighted by Crippen LogP contribution is -2.13. The number of hydrogen-bond donors (Lipinski definition) is 2. The van der Waals surface area contributed by atoms with E-state index in [1.807, 2.05) is 0 Å². The average molecular weight is 267 g/mol. The average Bonchev–Trinajstić information content (AvgIpc) is 2.81. The maximum absolute atomic E-state index is 11.7. The van der Waals surface area contributed by atoms with E-state index in [1.54, 1.807) is 12.1 Å². The highest BCUT2D eigenvalue weighted by Gasteiger charge is 2.16. The predicted octanol–water partition coefficient (Wildman–Crippen LogP) is 2.22. The van der Waals surface area contributed by atoms with Gasteiger partial charge in [0.1, 0.15) is 0 Å². The number of nitro groups is 1. The molecule has 1 amide bonds. The Labute approximate surface area is 106 Å². The molecule has 0 unspecified atom stereocenters. The number of hydrogen-bond acceptors (Lipinski definition) is 4. The molecular formula is C10H7ClN4O3. The smallest absolute Gasteiger partial charge is 0.321 e. The quantitative estimate of drug-likeness (QED) is 0.657. The van der Waals surface area contributed by atoms with Crippen LogP contribution >= 0.6 is 11.6 Å². The third-order valence-corrected chi connectivity index (χ3v) is 2.41. The van der Waals surface area contributed by atoms with E-state index in [9.17, 15) is 14.9 Å². The number of nitrogens with one attached hydrogen (secondary N) is 2. The number of H-pyrrole nitrogens is 1. The van der Waals surface area contributed by atoms with E-state index in [4.69, 9.17) is 11.6 Å². The molecule has 0 aromatic carbocycles. The SMILES string of the molecule is O=C(Nc1ncccc1Cl)c1ccc([N+](=O)[O-])[nH]1. The van der Waals surface area contributed by atoms with E-state index in [0.29, 0.717) is 0 Å². The van der Waals surface area contributed by atoms with Gasteiger partial charge in [-0.1, -0.05) is 11.6 Å². The summed E-state index contributed by atoms with van der Waals surface area (Å²) < 4.78 is 0. The molecule has 0 aliphatic carbocycles. The van der Waals surface area contributed by atoms with Crippen LogP contribution in [0.4, 0.5) is 11.6 Å². The van der Waals surface area contributed by atoms with E-state index in [1.165, 1.54) is 18.3 Å². The van der Waals surface area contributed by atoms with Crippen LogP contribution in [0, 0.1) is 10.1 Å². The van der Waals surface area contributed by atoms with E-state index in [0.717, 1.165) is 0 Å². The monoisotopic (exact) mass is 266 g/mol. The highest BCUT2D eigenvalue weighted by molar-refractivity contribution is 6.33. The molecule has 0 aliphatic rings. The van der Waals surface area contributed by atoms with Crippen molar-refractivity contribution in [2.24, 2.45) is 0 Å². The van der Waals surface area contributed by atoms with Crippen molar-refractivity contribution in [2.45, 2.75) is 0 Å². The molecular weight excluding hydrogens is 260 g/mol. The molecule has 2 aromatic heterocycles. The number of carbonyl (C=O) groups excluding carboxylic acids is 1. The topological polar surface area (TPSA) is 101 Å². The van der Waals surface area contributed by atoms with E-state index >= 15 is 0 Å². The molecule has 2 aromatic rings. The molecule has 92 valence electrons. The van der Waals surface area contributed by atoms with Gasteiger partial charge in [-0.25, -0.2) is 9.97 Å². The first-order chi connectivity index (χ1) is 8.58. The second-order valence-electron chi connectivity index (χ2n) is 3.30. The molecule has 8 heteroatoms. The fourth-order valence-corrected chi connectivity index (χ4v) is 1.44. The minimum absolute atomic E-state index is 0.0587. The number of aromatic amines is 1. The van der Waals surface area contributed by atoms with Crippen LogP contribution in [0.15, 0.2) is 30.5 Å². The Morgan fingerprint density at radius 3 is 2.83 bits per heavy atom. The van der Waals surface area contributed by atoms with Crippen molar-refractivity contribution in [1.29, 1.82) is 0 Å². The first-order valence-electron chi connectivity index (χ1n) is 4.83. The van der Waals surface area contributed by atoms with Crippen molar-refractivity contribution in [3.05, 3.63) is 51.3 Å². The Kier molecular flexibility index (Phi) is 3.24. The summed E-state index contributed by atoms with van der Waals surface area (Å²) in [6.45, 7) is 0. The molecule has 0 fully saturated rings. The number of aromatic nitrogens is 2. The zero-order valence-electron chi connectivity index (χ0n) is 8.88. The molecule has 0 saturated carbocycles. The van der Waals surface area contributed by atoms with Crippen LogP contribution in [0.1, 0.15) is 10.5 Å². The van der Waals surface area contributed by atoms with Gasteiger partial charge in [0.05, 0.1) is 5.02 Å². The molecule has 0 aliphatic heterocycles. The summed E-state index contributed by atoms with van der Waals surface area (Å²) in [5.74, 6) is -0.614. The molecule has 18 heavy (non-hydrogen) atoms. The Bertz CT molecular complexity index is 611. The summed E-state index contributed by atoms with van der Waals surface area (Å²) in [4.78, 5) is 27.8. The normalized spacial score (nSPS) is 10.1. The van der Waals surface area contributed by atoms with Crippen LogP contribution in [-0.4, -0.2) is 20.8 Å². The zero-order chi connectivity index (χ0) is 13.1. The second-order valence-corrected chi connectivity index (χ2v) is 3.71. The van der Waals surface area contributed by atoms with Gasteiger partial charge >= 0.3 is 5.82 Å². The molecule has 2 rings (SSSR count). The maximum Gasteiger partial charge on any atom is 0.321 e. The fourth-order valence-electron chi connectivity index (χ4n) is 1.28. The third kappa shape index (κ3) is 2.46. The van der Waals surface area contributed by atoms with E-state index in [2.05, 4.69) is 15.3 Å². The summed E-state index contributed by atoms with van der Waals surface area (Å²) in [5.41, 5.74) is 0.0587. The highest BCUT2D eigenvalue weighted by atomic mass is 35.5. The number of rotatable bonds is 3. The van der Waals surface area contributed by atoms with Crippen molar-refractivity contribution in [3.63, 3.8) is 0 Å². The van der Waals surface area contributed by atoms with Gasteiger partial charge in [0.15, 0.2) is 11.5 Å². The van der Waals surface area contributed by atoms with E-state index < -0.39 is 10.8 Å². The first kappa shape index (κ1) is 12.1. The van der Waals surface area contributed by atoms with Crippen molar-refractivity contribution < 1.29 is 9.72 Å². The van der Waals surface area contributed by atoms with Gasteiger partial charge < -0.3 is 15.4 Å². The number of pyridine rings is 1. The third-order valence-electron chi connectivity index (χ3n) is 2.10. The largest absolute Gasteiger partial charge is 0.358 e. The van der Waals surface area contributed by atoms with Gasteiger partial charge in [0.2, 0.25) is 0 Å². The second kappa shape index (κ2) is 4.84. The molecule has 0 spiro atoms. The van der Waals surface area contributed by atoms with Crippen molar-refractivity contribution in [3.8, 4) is 0 Å². The number of halogens is 1. The first-order valence-corrected chi connectivity index (χ1v) is 5.21.